The van der Waals surface area contributed by atoms with E-state index in [1.54, 1.807) is 6.07 Å². The first kappa shape index (κ1) is 12.3. The Bertz CT molecular complexity index is 395. The molecule has 1 aromatic carbocycles. The number of halogens is 2. The Balaban J connectivity index is 2.23. The van der Waals surface area contributed by atoms with Crippen LogP contribution in [0.25, 0.3) is 0 Å². The minimum Gasteiger partial charge on any atom is -0.367 e. The summed E-state index contributed by atoms with van der Waals surface area (Å²) < 4.78 is 26.9. The average molecular weight is 240 g/mol. The molecule has 0 aromatic heterocycles. The van der Waals surface area contributed by atoms with Crippen LogP contribution in [0.5, 0.6) is 0 Å². The lowest BCUT2D eigenvalue weighted by Gasteiger charge is -2.37. The van der Waals surface area contributed by atoms with Gasteiger partial charge in [-0.1, -0.05) is 19.4 Å². The highest BCUT2D eigenvalue weighted by atomic mass is 19.2. The molecular weight excluding hydrogens is 222 g/mol. The molecule has 94 valence electrons. The lowest BCUT2D eigenvalue weighted by molar-refractivity contribution is 0.364. The molecule has 2 nitrogen and oxygen atoms in total. The van der Waals surface area contributed by atoms with E-state index in [9.17, 15) is 8.78 Å². The lowest BCUT2D eigenvalue weighted by atomic mass is 9.92. The van der Waals surface area contributed by atoms with E-state index in [1.807, 2.05) is 4.90 Å². The van der Waals surface area contributed by atoms with Gasteiger partial charge in [-0.25, -0.2) is 8.78 Å². The van der Waals surface area contributed by atoms with Crippen molar-refractivity contribution >= 4 is 5.69 Å². The molecule has 1 aromatic rings. The summed E-state index contributed by atoms with van der Waals surface area (Å²) >= 11 is 0. The van der Waals surface area contributed by atoms with Crippen molar-refractivity contribution < 1.29 is 8.78 Å². The van der Waals surface area contributed by atoms with Crippen LogP contribution in [0, 0.1) is 17.6 Å². The molecule has 1 aliphatic rings. The molecule has 1 fully saturated rings. The van der Waals surface area contributed by atoms with Crippen molar-refractivity contribution in [1.29, 1.82) is 0 Å². The Labute approximate surface area is 100 Å². The van der Waals surface area contributed by atoms with Gasteiger partial charge in [0.25, 0.3) is 0 Å². The Hall–Kier alpha value is -1.16. The van der Waals surface area contributed by atoms with Crippen LogP contribution in [0.1, 0.15) is 19.8 Å². The molecule has 2 N–H and O–H groups in total. The van der Waals surface area contributed by atoms with Crippen LogP contribution < -0.4 is 10.6 Å². The highest BCUT2D eigenvalue weighted by Crippen LogP contribution is 2.27. The predicted molar refractivity (Wildman–Crippen MR) is 64.9 cm³/mol. The fraction of sp³-hybridized carbons (Fsp3) is 0.538. The van der Waals surface area contributed by atoms with E-state index in [4.69, 9.17) is 5.73 Å². The fourth-order valence-corrected chi connectivity index (χ4v) is 2.48. The second-order valence-corrected chi connectivity index (χ2v) is 4.75. The number of rotatable bonds is 2. The largest absolute Gasteiger partial charge is 0.367 e. The van der Waals surface area contributed by atoms with Crippen molar-refractivity contribution in [3.05, 3.63) is 29.8 Å². The van der Waals surface area contributed by atoms with Gasteiger partial charge in [0.2, 0.25) is 0 Å². The van der Waals surface area contributed by atoms with Crippen molar-refractivity contribution in [3.63, 3.8) is 0 Å². The van der Waals surface area contributed by atoms with Gasteiger partial charge in [-0.05, 0) is 24.5 Å². The molecule has 1 saturated heterocycles. The monoisotopic (exact) mass is 240 g/mol. The van der Waals surface area contributed by atoms with Crippen molar-refractivity contribution in [1.82, 2.24) is 0 Å². The van der Waals surface area contributed by atoms with E-state index in [0.717, 1.165) is 25.5 Å². The third-order valence-corrected chi connectivity index (χ3v) is 3.42. The molecule has 2 unspecified atom stereocenters. The first-order valence-corrected chi connectivity index (χ1v) is 6.06. The number of nitrogens with two attached hydrogens (primary N) is 1. The Morgan fingerprint density at radius 1 is 1.35 bits per heavy atom. The SMILES string of the molecule is CCC1CC(N)CN(c2cccc(F)c2F)C1. The minimum atomic E-state index is -0.797. The Kier molecular flexibility index (Phi) is 3.62. The van der Waals surface area contributed by atoms with Crippen LogP contribution >= 0.6 is 0 Å². The summed E-state index contributed by atoms with van der Waals surface area (Å²) in [5.41, 5.74) is 6.29. The van der Waals surface area contributed by atoms with Crippen molar-refractivity contribution in [2.45, 2.75) is 25.8 Å². The topological polar surface area (TPSA) is 29.3 Å². The van der Waals surface area contributed by atoms with Gasteiger partial charge in [-0.2, -0.15) is 0 Å². The second-order valence-electron chi connectivity index (χ2n) is 4.75. The van der Waals surface area contributed by atoms with Gasteiger partial charge in [-0.3, -0.25) is 0 Å². The number of piperidine rings is 1. The molecule has 0 spiro atoms. The highest BCUT2D eigenvalue weighted by Gasteiger charge is 2.26. The van der Waals surface area contributed by atoms with Crippen molar-refractivity contribution in [2.75, 3.05) is 18.0 Å². The molecule has 0 saturated carbocycles. The van der Waals surface area contributed by atoms with E-state index < -0.39 is 11.6 Å². The molecular formula is C13H18F2N2. The van der Waals surface area contributed by atoms with Gasteiger partial charge in [-0.15, -0.1) is 0 Å². The molecule has 0 amide bonds. The predicted octanol–water partition coefficient (Wildman–Crippen LogP) is 2.53. The van der Waals surface area contributed by atoms with Gasteiger partial charge in [0.1, 0.15) is 0 Å². The van der Waals surface area contributed by atoms with Crippen LogP contribution in [0.15, 0.2) is 18.2 Å². The molecule has 4 heteroatoms. The molecule has 0 aliphatic carbocycles. The minimum absolute atomic E-state index is 0.0383. The van der Waals surface area contributed by atoms with Gasteiger partial charge in [0, 0.05) is 19.1 Å². The van der Waals surface area contributed by atoms with Crippen LogP contribution in [0.3, 0.4) is 0 Å². The summed E-state index contributed by atoms with van der Waals surface area (Å²) in [6, 6.07) is 4.33. The van der Waals surface area contributed by atoms with E-state index in [2.05, 4.69) is 6.92 Å². The van der Waals surface area contributed by atoms with E-state index in [1.165, 1.54) is 6.07 Å². The molecule has 2 atom stereocenters. The van der Waals surface area contributed by atoms with E-state index in [0.29, 0.717) is 18.2 Å². The average Bonchev–Trinajstić information content (AvgIpc) is 2.31. The normalized spacial score (nSPS) is 25.1. The zero-order valence-corrected chi connectivity index (χ0v) is 10.00. The maximum Gasteiger partial charge on any atom is 0.182 e. The van der Waals surface area contributed by atoms with Crippen LogP contribution in [0.4, 0.5) is 14.5 Å². The molecule has 2 rings (SSSR count). The van der Waals surface area contributed by atoms with E-state index in [-0.39, 0.29) is 6.04 Å². The molecule has 1 heterocycles. The maximum absolute atomic E-state index is 13.7. The van der Waals surface area contributed by atoms with Gasteiger partial charge < -0.3 is 10.6 Å². The van der Waals surface area contributed by atoms with Gasteiger partial charge >= 0.3 is 0 Å². The van der Waals surface area contributed by atoms with Crippen molar-refractivity contribution in [2.24, 2.45) is 11.7 Å². The fourth-order valence-electron chi connectivity index (χ4n) is 2.48. The quantitative estimate of drug-likeness (QED) is 0.860. The van der Waals surface area contributed by atoms with Crippen molar-refractivity contribution in [3.8, 4) is 0 Å². The second kappa shape index (κ2) is 5.00. The third-order valence-electron chi connectivity index (χ3n) is 3.42. The zero-order chi connectivity index (χ0) is 12.4. The summed E-state index contributed by atoms with van der Waals surface area (Å²) in [6.45, 7) is 3.45. The van der Waals surface area contributed by atoms with Crippen LogP contribution in [0.2, 0.25) is 0 Å². The first-order valence-electron chi connectivity index (χ1n) is 6.06. The zero-order valence-electron chi connectivity index (χ0n) is 10.00. The third kappa shape index (κ3) is 2.57. The lowest BCUT2D eigenvalue weighted by Crippen LogP contribution is -2.47. The summed E-state index contributed by atoms with van der Waals surface area (Å²) in [6.07, 6.45) is 1.98. The summed E-state index contributed by atoms with van der Waals surface area (Å²) in [5.74, 6) is -1.10. The highest BCUT2D eigenvalue weighted by molar-refractivity contribution is 5.48. The number of hydrogen-bond donors (Lipinski definition) is 1. The Morgan fingerprint density at radius 3 is 2.82 bits per heavy atom. The molecule has 0 radical (unpaired) electrons. The van der Waals surface area contributed by atoms with Gasteiger partial charge in [0.05, 0.1) is 5.69 Å². The summed E-state index contributed by atoms with van der Waals surface area (Å²) in [7, 11) is 0. The van der Waals surface area contributed by atoms with Crippen LogP contribution in [-0.4, -0.2) is 19.1 Å². The molecule has 17 heavy (non-hydrogen) atoms. The smallest absolute Gasteiger partial charge is 0.182 e. The number of anilines is 1. The molecule has 1 aliphatic heterocycles. The Morgan fingerprint density at radius 2 is 2.12 bits per heavy atom. The summed E-state index contributed by atoms with van der Waals surface area (Å²) in [5, 5.41) is 0. The number of hydrogen-bond acceptors (Lipinski definition) is 2. The first-order chi connectivity index (χ1) is 8.11. The van der Waals surface area contributed by atoms with E-state index >= 15 is 0 Å². The number of nitrogens with zero attached hydrogens (tertiary/aromatic N) is 1. The summed E-state index contributed by atoms with van der Waals surface area (Å²) in [4.78, 5) is 1.86. The van der Waals surface area contributed by atoms with Gasteiger partial charge in [0.15, 0.2) is 11.6 Å². The maximum atomic E-state index is 13.7. The standard InChI is InChI=1S/C13H18F2N2/c1-2-9-6-10(16)8-17(7-9)12-5-3-4-11(14)13(12)15/h3-5,9-10H,2,6-8,16H2,1H3. The van der Waals surface area contributed by atoms with Crippen LogP contribution in [-0.2, 0) is 0 Å². The number of benzene rings is 1. The molecule has 0 bridgehead atoms.